The number of rotatable bonds is 8. The van der Waals surface area contributed by atoms with Crippen LogP contribution in [0.2, 0.25) is 0 Å². The SMILES string of the molecule is CCCOc1ccc(/C=C/C(=O)N2CSCC2C(=O)Nc2ccc(C#N)cc2)cc1OC. The lowest BCUT2D eigenvalue weighted by Gasteiger charge is -2.21. The number of ether oxygens (including phenoxy) is 2. The standard InChI is InChI=1S/C24H25N3O4S/c1-3-12-31-21-10-6-17(13-22(21)30-2)7-11-23(28)27-16-32-15-20(27)24(29)26-19-8-4-18(14-25)5-9-19/h4-11,13,20H,3,12,15-16H2,1-2H3,(H,26,29)/b11-7+. The Bertz CT molecular complexity index is 1030. The Morgan fingerprint density at radius 3 is 2.72 bits per heavy atom. The van der Waals surface area contributed by atoms with Gasteiger partial charge in [0.15, 0.2) is 11.5 Å². The number of hydrogen-bond donors (Lipinski definition) is 1. The Balaban J connectivity index is 1.65. The largest absolute Gasteiger partial charge is 0.493 e. The van der Waals surface area contributed by atoms with Crippen LogP contribution < -0.4 is 14.8 Å². The topological polar surface area (TPSA) is 91.7 Å². The van der Waals surface area contributed by atoms with Crippen molar-refractivity contribution in [3.63, 3.8) is 0 Å². The van der Waals surface area contributed by atoms with E-state index >= 15 is 0 Å². The van der Waals surface area contributed by atoms with Crippen molar-refractivity contribution in [1.29, 1.82) is 5.26 Å². The van der Waals surface area contributed by atoms with E-state index in [0.717, 1.165) is 12.0 Å². The fourth-order valence-electron chi connectivity index (χ4n) is 3.11. The summed E-state index contributed by atoms with van der Waals surface area (Å²) in [7, 11) is 1.57. The summed E-state index contributed by atoms with van der Waals surface area (Å²) in [5.41, 5.74) is 1.90. The Morgan fingerprint density at radius 1 is 1.25 bits per heavy atom. The van der Waals surface area contributed by atoms with Crippen molar-refractivity contribution in [3.05, 3.63) is 59.7 Å². The van der Waals surface area contributed by atoms with Gasteiger partial charge in [0.25, 0.3) is 0 Å². The van der Waals surface area contributed by atoms with Gasteiger partial charge in [0.2, 0.25) is 11.8 Å². The summed E-state index contributed by atoms with van der Waals surface area (Å²) >= 11 is 1.53. The van der Waals surface area contributed by atoms with Gasteiger partial charge in [-0.25, -0.2) is 0 Å². The zero-order valence-electron chi connectivity index (χ0n) is 18.0. The van der Waals surface area contributed by atoms with Crippen molar-refractivity contribution in [2.75, 3.05) is 30.7 Å². The number of carbonyl (C=O) groups excluding carboxylic acids is 2. The first kappa shape index (κ1) is 23.2. The molecule has 2 aromatic rings. The highest BCUT2D eigenvalue weighted by Crippen LogP contribution is 2.29. The number of nitrogens with one attached hydrogen (secondary N) is 1. The predicted octanol–water partition coefficient (Wildman–Crippen LogP) is 3.91. The molecule has 0 saturated carbocycles. The predicted molar refractivity (Wildman–Crippen MR) is 126 cm³/mol. The molecule has 1 saturated heterocycles. The maximum absolute atomic E-state index is 12.8. The van der Waals surface area contributed by atoms with Gasteiger partial charge < -0.3 is 19.7 Å². The number of methoxy groups -OCH3 is 1. The fourth-order valence-corrected chi connectivity index (χ4v) is 4.28. The molecule has 0 bridgehead atoms. The molecule has 0 spiro atoms. The molecule has 2 aromatic carbocycles. The molecular weight excluding hydrogens is 426 g/mol. The lowest BCUT2D eigenvalue weighted by molar-refractivity contribution is -0.132. The summed E-state index contributed by atoms with van der Waals surface area (Å²) in [4.78, 5) is 27.1. The number of hydrogen-bond acceptors (Lipinski definition) is 6. The zero-order chi connectivity index (χ0) is 22.9. The van der Waals surface area contributed by atoms with Crippen LogP contribution in [0.15, 0.2) is 48.5 Å². The van der Waals surface area contributed by atoms with Gasteiger partial charge in [-0.3, -0.25) is 9.59 Å². The van der Waals surface area contributed by atoms with E-state index < -0.39 is 6.04 Å². The van der Waals surface area contributed by atoms with E-state index in [-0.39, 0.29) is 11.8 Å². The smallest absolute Gasteiger partial charge is 0.248 e. The third-order valence-corrected chi connectivity index (χ3v) is 5.83. The normalized spacial score (nSPS) is 15.4. The third kappa shape index (κ3) is 5.83. The van der Waals surface area contributed by atoms with Crippen molar-refractivity contribution in [2.45, 2.75) is 19.4 Å². The van der Waals surface area contributed by atoms with Gasteiger partial charge in [-0.1, -0.05) is 13.0 Å². The Morgan fingerprint density at radius 2 is 2.03 bits per heavy atom. The third-order valence-electron chi connectivity index (χ3n) is 4.82. The van der Waals surface area contributed by atoms with E-state index in [0.29, 0.717) is 41.0 Å². The summed E-state index contributed by atoms with van der Waals surface area (Å²) in [6, 6.07) is 13.6. The molecule has 3 rings (SSSR count). The van der Waals surface area contributed by atoms with Crippen LogP contribution in [-0.2, 0) is 9.59 Å². The molecule has 1 unspecified atom stereocenters. The number of carbonyl (C=O) groups is 2. The van der Waals surface area contributed by atoms with Crippen molar-refractivity contribution < 1.29 is 19.1 Å². The first-order valence-electron chi connectivity index (χ1n) is 10.2. The number of thioether (sulfide) groups is 1. The van der Waals surface area contributed by atoms with Crippen molar-refractivity contribution in [2.24, 2.45) is 0 Å². The zero-order valence-corrected chi connectivity index (χ0v) is 18.9. The minimum Gasteiger partial charge on any atom is -0.493 e. The lowest BCUT2D eigenvalue weighted by atomic mass is 10.1. The van der Waals surface area contributed by atoms with Crippen molar-refractivity contribution in [1.82, 2.24) is 4.90 Å². The molecule has 166 valence electrons. The summed E-state index contributed by atoms with van der Waals surface area (Å²) in [6.07, 6.45) is 4.06. The summed E-state index contributed by atoms with van der Waals surface area (Å²) in [6.45, 7) is 2.63. The van der Waals surface area contributed by atoms with Crippen molar-refractivity contribution >= 4 is 35.3 Å². The lowest BCUT2D eigenvalue weighted by Crippen LogP contribution is -2.43. The molecule has 8 heteroatoms. The number of nitriles is 1. The van der Waals surface area contributed by atoms with Crippen LogP contribution in [0.4, 0.5) is 5.69 Å². The molecule has 1 aliphatic rings. The molecular formula is C24H25N3O4S. The minimum atomic E-state index is -0.563. The van der Waals surface area contributed by atoms with E-state index in [9.17, 15) is 9.59 Å². The highest BCUT2D eigenvalue weighted by atomic mass is 32.2. The molecule has 1 N–H and O–H groups in total. The molecule has 1 fully saturated rings. The molecule has 0 radical (unpaired) electrons. The number of benzene rings is 2. The molecule has 0 aliphatic carbocycles. The first-order valence-corrected chi connectivity index (χ1v) is 11.4. The van der Waals surface area contributed by atoms with Crippen LogP contribution in [0, 0.1) is 11.3 Å². The van der Waals surface area contributed by atoms with E-state index in [2.05, 4.69) is 5.32 Å². The number of anilines is 1. The van der Waals surface area contributed by atoms with Crippen LogP contribution in [0.25, 0.3) is 6.08 Å². The van der Waals surface area contributed by atoms with E-state index in [1.165, 1.54) is 17.8 Å². The van der Waals surface area contributed by atoms with E-state index in [1.807, 2.05) is 31.2 Å². The quantitative estimate of drug-likeness (QED) is 0.612. The van der Waals surface area contributed by atoms with Gasteiger partial charge in [0, 0.05) is 17.5 Å². The van der Waals surface area contributed by atoms with Gasteiger partial charge in [0.05, 0.1) is 31.2 Å². The van der Waals surface area contributed by atoms with Crippen molar-refractivity contribution in [3.8, 4) is 17.6 Å². The summed E-state index contributed by atoms with van der Waals surface area (Å²) < 4.78 is 11.0. The summed E-state index contributed by atoms with van der Waals surface area (Å²) in [5.74, 6) is 1.75. The Hall–Kier alpha value is -3.44. The highest BCUT2D eigenvalue weighted by molar-refractivity contribution is 7.99. The first-order chi connectivity index (χ1) is 15.5. The van der Waals surface area contributed by atoms with Gasteiger partial charge in [0.1, 0.15) is 6.04 Å². The highest BCUT2D eigenvalue weighted by Gasteiger charge is 2.33. The molecule has 1 atom stereocenters. The van der Waals surface area contributed by atoms with Gasteiger partial charge in [-0.2, -0.15) is 5.26 Å². The average Bonchev–Trinajstić information content (AvgIpc) is 3.32. The van der Waals surface area contributed by atoms with E-state index in [4.69, 9.17) is 14.7 Å². The second-order valence-electron chi connectivity index (χ2n) is 7.09. The van der Waals surface area contributed by atoms with Gasteiger partial charge >= 0.3 is 0 Å². The Kier molecular flexibility index (Phi) is 8.17. The Labute approximate surface area is 192 Å². The molecule has 7 nitrogen and oxygen atoms in total. The van der Waals surface area contributed by atoms with Crippen LogP contribution in [-0.4, -0.2) is 48.1 Å². The molecule has 2 amide bonds. The van der Waals surface area contributed by atoms with E-state index in [1.54, 1.807) is 42.4 Å². The monoisotopic (exact) mass is 451 g/mol. The molecule has 0 aromatic heterocycles. The number of amides is 2. The second kappa shape index (κ2) is 11.3. The van der Waals surface area contributed by atoms with Crippen LogP contribution in [0.3, 0.4) is 0 Å². The molecule has 32 heavy (non-hydrogen) atoms. The maximum atomic E-state index is 12.8. The van der Waals surface area contributed by atoms with Gasteiger partial charge in [-0.15, -0.1) is 11.8 Å². The fraction of sp³-hybridized carbons (Fsp3) is 0.292. The number of nitrogens with zero attached hydrogens (tertiary/aromatic N) is 2. The second-order valence-corrected chi connectivity index (χ2v) is 8.09. The minimum absolute atomic E-state index is 0.236. The molecule has 1 heterocycles. The molecule has 1 aliphatic heterocycles. The van der Waals surface area contributed by atoms with Gasteiger partial charge in [-0.05, 0) is 54.5 Å². The van der Waals surface area contributed by atoms with Crippen LogP contribution >= 0.6 is 11.8 Å². The summed E-state index contributed by atoms with van der Waals surface area (Å²) in [5, 5.41) is 11.7. The maximum Gasteiger partial charge on any atom is 0.248 e. The van der Waals surface area contributed by atoms with Crippen LogP contribution in [0.5, 0.6) is 11.5 Å². The average molecular weight is 452 g/mol. The van der Waals surface area contributed by atoms with Crippen LogP contribution in [0.1, 0.15) is 24.5 Å².